The van der Waals surface area contributed by atoms with Crippen LogP contribution in [0.1, 0.15) is 19.5 Å². The van der Waals surface area contributed by atoms with Crippen LogP contribution in [0.2, 0.25) is 0 Å². The van der Waals surface area contributed by atoms with E-state index in [2.05, 4.69) is 39.7 Å². The van der Waals surface area contributed by atoms with Crippen LogP contribution in [-0.4, -0.2) is 16.8 Å². The monoisotopic (exact) mass is 349 g/mol. The number of ether oxygens (including phenoxy) is 2. The Morgan fingerprint density at radius 2 is 2.00 bits per heavy atom. The minimum atomic E-state index is 0.251. The Labute approximate surface area is 131 Å². The second-order valence-electron chi connectivity index (χ2n) is 5.36. The number of nitrogen functional groups attached to an aromatic ring is 1. The number of anilines is 1. The van der Waals surface area contributed by atoms with Crippen molar-refractivity contribution in [2.45, 2.75) is 20.3 Å². The molecule has 0 amide bonds. The quantitative estimate of drug-likeness (QED) is 0.919. The molecule has 3 rings (SSSR count). The third kappa shape index (κ3) is 2.81. The van der Waals surface area contributed by atoms with Crippen molar-refractivity contribution >= 4 is 21.7 Å². The number of fused-ring (bicyclic) bond motifs is 1. The Balaban J connectivity index is 2.04. The molecule has 2 N–H and O–H groups in total. The zero-order valence-corrected chi connectivity index (χ0v) is 13.5. The van der Waals surface area contributed by atoms with Gasteiger partial charge in [0.15, 0.2) is 17.3 Å². The zero-order valence-electron chi connectivity index (χ0n) is 11.9. The molecule has 110 valence electrons. The second-order valence-corrected chi connectivity index (χ2v) is 6.15. The predicted octanol–water partition coefficient (Wildman–Crippen LogP) is 3.42. The summed E-state index contributed by atoms with van der Waals surface area (Å²) in [4.78, 5) is 8.99. The standard InChI is InChI=1S/C15H16BrN3O2/c1-8(2)5-10-13(16)14(17)19-15(18-10)9-3-4-11-12(6-9)21-7-20-11/h3-4,6,8H,5,7H2,1-2H3,(H2,17,18,19). The molecule has 0 unspecified atom stereocenters. The molecule has 0 atom stereocenters. The van der Waals surface area contributed by atoms with Crippen LogP contribution in [0.4, 0.5) is 5.82 Å². The third-order valence-corrected chi connectivity index (χ3v) is 4.04. The highest BCUT2D eigenvalue weighted by Gasteiger charge is 2.17. The van der Waals surface area contributed by atoms with Gasteiger partial charge in [-0.15, -0.1) is 0 Å². The molecule has 0 aliphatic carbocycles. The number of hydrogen-bond donors (Lipinski definition) is 1. The highest BCUT2D eigenvalue weighted by Crippen LogP contribution is 2.36. The van der Waals surface area contributed by atoms with Crippen molar-refractivity contribution in [2.24, 2.45) is 5.92 Å². The fourth-order valence-corrected chi connectivity index (χ4v) is 2.54. The number of aromatic nitrogens is 2. The number of rotatable bonds is 3. The summed E-state index contributed by atoms with van der Waals surface area (Å²) < 4.78 is 11.5. The molecule has 0 saturated heterocycles. The molecule has 0 fully saturated rings. The Hall–Kier alpha value is -1.82. The van der Waals surface area contributed by atoms with E-state index in [1.165, 1.54) is 0 Å². The van der Waals surface area contributed by atoms with E-state index in [0.717, 1.165) is 27.9 Å². The summed E-state index contributed by atoms with van der Waals surface area (Å²) in [6.07, 6.45) is 0.838. The smallest absolute Gasteiger partial charge is 0.231 e. The van der Waals surface area contributed by atoms with Crippen molar-refractivity contribution in [1.82, 2.24) is 9.97 Å². The summed E-state index contributed by atoms with van der Waals surface area (Å²) in [5, 5.41) is 0. The molecule has 1 aliphatic rings. The van der Waals surface area contributed by atoms with Gasteiger partial charge in [-0.05, 0) is 46.5 Å². The van der Waals surface area contributed by atoms with E-state index in [1.54, 1.807) is 0 Å². The normalized spacial score (nSPS) is 13.0. The predicted molar refractivity (Wildman–Crippen MR) is 84.2 cm³/mol. The van der Waals surface area contributed by atoms with Gasteiger partial charge in [-0.2, -0.15) is 0 Å². The van der Waals surface area contributed by atoms with Gasteiger partial charge in [-0.3, -0.25) is 0 Å². The van der Waals surface area contributed by atoms with Crippen LogP contribution < -0.4 is 15.2 Å². The van der Waals surface area contributed by atoms with Gasteiger partial charge in [0.05, 0.1) is 10.2 Å². The molecule has 2 aromatic rings. The molecule has 0 bridgehead atoms. The van der Waals surface area contributed by atoms with E-state index in [1.807, 2.05) is 18.2 Å². The van der Waals surface area contributed by atoms with Gasteiger partial charge in [-0.25, -0.2) is 9.97 Å². The molecule has 1 aromatic heterocycles. The molecule has 2 heterocycles. The lowest BCUT2D eigenvalue weighted by atomic mass is 10.1. The van der Waals surface area contributed by atoms with Crippen LogP contribution in [0.15, 0.2) is 22.7 Å². The Bertz CT molecular complexity index is 689. The fourth-order valence-electron chi connectivity index (χ4n) is 2.20. The van der Waals surface area contributed by atoms with Crippen LogP contribution in [0.3, 0.4) is 0 Å². The summed E-state index contributed by atoms with van der Waals surface area (Å²) in [6, 6.07) is 5.65. The first-order chi connectivity index (χ1) is 10.0. The lowest BCUT2D eigenvalue weighted by molar-refractivity contribution is 0.174. The van der Waals surface area contributed by atoms with E-state index in [0.29, 0.717) is 23.3 Å². The van der Waals surface area contributed by atoms with Crippen molar-refractivity contribution in [3.8, 4) is 22.9 Å². The fraction of sp³-hybridized carbons (Fsp3) is 0.333. The van der Waals surface area contributed by atoms with Crippen molar-refractivity contribution in [1.29, 1.82) is 0 Å². The summed E-state index contributed by atoms with van der Waals surface area (Å²) in [7, 11) is 0. The first-order valence-corrected chi connectivity index (χ1v) is 7.56. The molecule has 1 aliphatic heterocycles. The van der Waals surface area contributed by atoms with Gasteiger partial charge in [0, 0.05) is 5.56 Å². The van der Waals surface area contributed by atoms with Crippen LogP contribution in [0.25, 0.3) is 11.4 Å². The van der Waals surface area contributed by atoms with Gasteiger partial charge in [0.1, 0.15) is 5.82 Å². The highest BCUT2D eigenvalue weighted by atomic mass is 79.9. The highest BCUT2D eigenvalue weighted by molar-refractivity contribution is 9.10. The molecule has 5 nitrogen and oxygen atoms in total. The van der Waals surface area contributed by atoms with Crippen LogP contribution in [0.5, 0.6) is 11.5 Å². The van der Waals surface area contributed by atoms with Crippen molar-refractivity contribution in [3.63, 3.8) is 0 Å². The molecule has 1 aromatic carbocycles. The van der Waals surface area contributed by atoms with E-state index < -0.39 is 0 Å². The molecule has 0 radical (unpaired) electrons. The molecular weight excluding hydrogens is 334 g/mol. The van der Waals surface area contributed by atoms with E-state index >= 15 is 0 Å². The molecule has 0 spiro atoms. The first-order valence-electron chi connectivity index (χ1n) is 6.76. The van der Waals surface area contributed by atoms with Gasteiger partial charge < -0.3 is 15.2 Å². The lowest BCUT2D eigenvalue weighted by Gasteiger charge is -2.11. The lowest BCUT2D eigenvalue weighted by Crippen LogP contribution is -2.05. The topological polar surface area (TPSA) is 70.3 Å². The number of hydrogen-bond acceptors (Lipinski definition) is 5. The van der Waals surface area contributed by atoms with E-state index in [-0.39, 0.29) is 6.79 Å². The third-order valence-electron chi connectivity index (χ3n) is 3.18. The molecular formula is C15H16BrN3O2. The zero-order chi connectivity index (χ0) is 15.0. The molecule has 21 heavy (non-hydrogen) atoms. The number of nitrogens with two attached hydrogens (primary N) is 1. The summed E-state index contributed by atoms with van der Waals surface area (Å²) >= 11 is 3.47. The average Bonchev–Trinajstić information content (AvgIpc) is 2.90. The first kappa shape index (κ1) is 14.1. The molecule has 6 heteroatoms. The van der Waals surface area contributed by atoms with Gasteiger partial charge in [0.2, 0.25) is 6.79 Å². The van der Waals surface area contributed by atoms with Crippen LogP contribution >= 0.6 is 15.9 Å². The largest absolute Gasteiger partial charge is 0.454 e. The van der Waals surface area contributed by atoms with Crippen LogP contribution in [0, 0.1) is 5.92 Å². The van der Waals surface area contributed by atoms with E-state index in [4.69, 9.17) is 15.2 Å². The number of halogens is 1. The second kappa shape index (κ2) is 5.52. The number of benzene rings is 1. The van der Waals surface area contributed by atoms with Crippen molar-refractivity contribution in [2.75, 3.05) is 12.5 Å². The maximum Gasteiger partial charge on any atom is 0.231 e. The van der Waals surface area contributed by atoms with Crippen molar-refractivity contribution in [3.05, 3.63) is 28.4 Å². The minimum absolute atomic E-state index is 0.251. The van der Waals surface area contributed by atoms with Crippen LogP contribution in [-0.2, 0) is 6.42 Å². The number of nitrogens with zero attached hydrogens (tertiary/aromatic N) is 2. The summed E-state index contributed by atoms with van der Waals surface area (Å²) in [5.74, 6) is 2.99. The minimum Gasteiger partial charge on any atom is -0.454 e. The Morgan fingerprint density at radius 3 is 2.76 bits per heavy atom. The SMILES string of the molecule is CC(C)Cc1nc(-c2ccc3c(c2)OCO3)nc(N)c1Br. The van der Waals surface area contributed by atoms with Gasteiger partial charge >= 0.3 is 0 Å². The van der Waals surface area contributed by atoms with E-state index in [9.17, 15) is 0 Å². The Morgan fingerprint density at radius 1 is 1.24 bits per heavy atom. The molecule has 0 saturated carbocycles. The van der Waals surface area contributed by atoms with Crippen molar-refractivity contribution < 1.29 is 9.47 Å². The maximum absolute atomic E-state index is 5.99. The maximum atomic E-state index is 5.99. The Kier molecular flexibility index (Phi) is 3.71. The summed E-state index contributed by atoms with van der Waals surface area (Å²) in [5.41, 5.74) is 7.78. The van der Waals surface area contributed by atoms with Gasteiger partial charge in [-0.1, -0.05) is 13.8 Å². The average molecular weight is 350 g/mol. The van der Waals surface area contributed by atoms with Gasteiger partial charge in [0.25, 0.3) is 0 Å². The summed E-state index contributed by atoms with van der Waals surface area (Å²) in [6.45, 7) is 4.54.